The third kappa shape index (κ3) is 4.01. The Labute approximate surface area is 286 Å². The van der Waals surface area contributed by atoms with Crippen LogP contribution in [0.1, 0.15) is 25.0 Å². The molecule has 0 amide bonds. The molecular formula is C47H34N2. The van der Waals surface area contributed by atoms with Crippen molar-refractivity contribution in [3.63, 3.8) is 0 Å². The number of hydrogen-bond donors (Lipinski definition) is 0. The molecule has 232 valence electrons. The SMILES string of the molecule is CC1(C)c2ccccc2-n2c3ccc(-c4cccc5c(N(c6ccccc6)c6cccc7ccccc67)cccc45)cc3c3cccc1c32. The van der Waals surface area contributed by atoms with Crippen molar-refractivity contribution < 1.29 is 0 Å². The smallest absolute Gasteiger partial charge is 0.0582 e. The fourth-order valence-corrected chi connectivity index (χ4v) is 8.46. The molecule has 2 heterocycles. The molecule has 0 unspecified atom stereocenters. The van der Waals surface area contributed by atoms with Crippen molar-refractivity contribution in [2.75, 3.05) is 4.90 Å². The molecule has 1 aliphatic rings. The van der Waals surface area contributed by atoms with Crippen molar-refractivity contribution in [1.82, 2.24) is 4.57 Å². The molecule has 9 aromatic rings. The van der Waals surface area contributed by atoms with Crippen molar-refractivity contribution >= 4 is 60.4 Å². The molecule has 0 saturated heterocycles. The van der Waals surface area contributed by atoms with Gasteiger partial charge >= 0.3 is 0 Å². The van der Waals surface area contributed by atoms with Crippen LogP contribution in [0.3, 0.4) is 0 Å². The van der Waals surface area contributed by atoms with Gasteiger partial charge in [-0.25, -0.2) is 0 Å². The van der Waals surface area contributed by atoms with E-state index in [-0.39, 0.29) is 5.41 Å². The molecule has 0 fully saturated rings. The lowest BCUT2D eigenvalue weighted by Gasteiger charge is -2.34. The van der Waals surface area contributed by atoms with Crippen molar-refractivity contribution in [2.24, 2.45) is 0 Å². The van der Waals surface area contributed by atoms with E-state index in [4.69, 9.17) is 0 Å². The first kappa shape index (κ1) is 27.9. The third-order valence-corrected chi connectivity index (χ3v) is 10.8. The van der Waals surface area contributed by atoms with Gasteiger partial charge in [-0.1, -0.05) is 141 Å². The van der Waals surface area contributed by atoms with Gasteiger partial charge in [-0.3, -0.25) is 0 Å². The maximum atomic E-state index is 2.49. The maximum Gasteiger partial charge on any atom is 0.0582 e. The number of rotatable bonds is 4. The van der Waals surface area contributed by atoms with Crippen molar-refractivity contribution in [1.29, 1.82) is 0 Å². The van der Waals surface area contributed by atoms with Crippen molar-refractivity contribution in [3.8, 4) is 16.8 Å². The summed E-state index contributed by atoms with van der Waals surface area (Å²) in [4.78, 5) is 2.42. The first-order valence-electron chi connectivity index (χ1n) is 17.1. The minimum Gasteiger partial charge on any atom is -0.309 e. The van der Waals surface area contributed by atoms with E-state index in [1.165, 1.54) is 77.0 Å². The Hall–Kier alpha value is -6.12. The van der Waals surface area contributed by atoms with Gasteiger partial charge in [0.2, 0.25) is 0 Å². The third-order valence-electron chi connectivity index (χ3n) is 10.8. The zero-order chi connectivity index (χ0) is 32.7. The minimum absolute atomic E-state index is 0.0793. The standard InChI is InChI=1S/C47H34N2/c1-47(2)40-23-8-9-25-45(40)49-44-29-28-32(30-39(44)38-22-12-24-41(47)46(38)49)34-19-11-21-37-36(34)20-13-27-43(37)48(33-16-4-3-5-17-33)42-26-10-15-31-14-6-7-18-35(31)42/h3-30H,1-2H3. The van der Waals surface area contributed by atoms with Crippen molar-refractivity contribution in [3.05, 3.63) is 181 Å². The molecule has 0 saturated carbocycles. The maximum absolute atomic E-state index is 2.49. The molecular weight excluding hydrogens is 593 g/mol. The fraction of sp³-hybridized carbons (Fsp3) is 0.0638. The Bertz CT molecular complexity index is 2740. The van der Waals surface area contributed by atoms with E-state index in [0.717, 1.165) is 11.4 Å². The second-order valence-corrected chi connectivity index (χ2v) is 13.8. The predicted octanol–water partition coefficient (Wildman–Crippen LogP) is 12.9. The van der Waals surface area contributed by atoms with Crippen LogP contribution < -0.4 is 4.90 Å². The summed E-state index contributed by atoms with van der Waals surface area (Å²) in [6, 6.07) is 62.3. The van der Waals surface area contributed by atoms with E-state index in [2.05, 4.69) is 193 Å². The Morgan fingerprint density at radius 2 is 1.10 bits per heavy atom. The molecule has 0 bridgehead atoms. The van der Waals surface area contributed by atoms with Gasteiger partial charge in [-0.05, 0) is 75.5 Å². The van der Waals surface area contributed by atoms with Crippen LogP contribution in [-0.4, -0.2) is 4.57 Å². The number of benzene rings is 8. The lowest BCUT2D eigenvalue weighted by Crippen LogP contribution is -2.26. The molecule has 0 radical (unpaired) electrons. The second kappa shape index (κ2) is 10.4. The number of fused-ring (bicyclic) bond motifs is 7. The largest absolute Gasteiger partial charge is 0.309 e. The molecule has 1 aromatic heterocycles. The van der Waals surface area contributed by atoms with Crippen LogP contribution >= 0.6 is 0 Å². The number of para-hydroxylation sites is 3. The molecule has 10 rings (SSSR count). The summed E-state index contributed by atoms with van der Waals surface area (Å²) in [5.74, 6) is 0. The molecule has 49 heavy (non-hydrogen) atoms. The molecule has 0 atom stereocenters. The van der Waals surface area contributed by atoms with Gasteiger partial charge in [0.1, 0.15) is 0 Å². The lowest BCUT2D eigenvalue weighted by atomic mass is 9.75. The zero-order valence-electron chi connectivity index (χ0n) is 27.6. The molecule has 0 spiro atoms. The van der Waals surface area contributed by atoms with Gasteiger partial charge in [0, 0.05) is 32.6 Å². The number of aromatic nitrogens is 1. The summed E-state index contributed by atoms with van der Waals surface area (Å²) >= 11 is 0. The second-order valence-electron chi connectivity index (χ2n) is 13.8. The summed E-state index contributed by atoms with van der Waals surface area (Å²) in [6.45, 7) is 4.72. The van der Waals surface area contributed by atoms with Gasteiger partial charge in [-0.2, -0.15) is 0 Å². The summed E-state index contributed by atoms with van der Waals surface area (Å²) < 4.78 is 2.49. The first-order chi connectivity index (χ1) is 24.1. The Kier molecular flexibility index (Phi) is 5.95. The highest BCUT2D eigenvalue weighted by atomic mass is 15.1. The summed E-state index contributed by atoms with van der Waals surface area (Å²) in [5.41, 5.74) is 12.5. The highest BCUT2D eigenvalue weighted by molar-refractivity contribution is 6.14. The van der Waals surface area contributed by atoms with Gasteiger partial charge in [-0.15, -0.1) is 0 Å². The topological polar surface area (TPSA) is 8.17 Å². The Balaban J connectivity index is 1.21. The first-order valence-corrected chi connectivity index (χ1v) is 17.1. The van der Waals surface area contributed by atoms with Crippen LogP contribution in [0.25, 0.3) is 60.2 Å². The van der Waals surface area contributed by atoms with E-state index in [0.29, 0.717) is 0 Å². The Morgan fingerprint density at radius 3 is 2.00 bits per heavy atom. The van der Waals surface area contributed by atoms with Gasteiger partial charge in [0.05, 0.1) is 28.1 Å². The van der Waals surface area contributed by atoms with Gasteiger partial charge < -0.3 is 9.47 Å². The highest BCUT2D eigenvalue weighted by Crippen LogP contribution is 2.48. The molecule has 2 heteroatoms. The number of hydrogen-bond acceptors (Lipinski definition) is 1. The average Bonchev–Trinajstić information content (AvgIpc) is 3.49. The highest BCUT2D eigenvalue weighted by Gasteiger charge is 2.34. The van der Waals surface area contributed by atoms with Crippen LogP contribution in [0.4, 0.5) is 17.1 Å². The van der Waals surface area contributed by atoms with Gasteiger partial charge in [0.15, 0.2) is 0 Å². The minimum atomic E-state index is -0.0793. The zero-order valence-corrected chi connectivity index (χ0v) is 27.6. The summed E-state index contributed by atoms with van der Waals surface area (Å²) in [6.07, 6.45) is 0. The molecule has 1 aliphatic heterocycles. The summed E-state index contributed by atoms with van der Waals surface area (Å²) in [5, 5.41) is 7.51. The van der Waals surface area contributed by atoms with Crippen LogP contribution in [0.2, 0.25) is 0 Å². The quantitative estimate of drug-likeness (QED) is 0.189. The van der Waals surface area contributed by atoms with Crippen LogP contribution in [0, 0.1) is 0 Å². The van der Waals surface area contributed by atoms with Gasteiger partial charge in [0.25, 0.3) is 0 Å². The monoisotopic (exact) mass is 626 g/mol. The molecule has 0 N–H and O–H groups in total. The van der Waals surface area contributed by atoms with Crippen molar-refractivity contribution in [2.45, 2.75) is 19.3 Å². The van der Waals surface area contributed by atoms with E-state index >= 15 is 0 Å². The van der Waals surface area contributed by atoms with E-state index in [1.807, 2.05) is 0 Å². The normalized spacial score (nSPS) is 13.3. The fourth-order valence-electron chi connectivity index (χ4n) is 8.46. The number of anilines is 3. The lowest BCUT2D eigenvalue weighted by molar-refractivity contribution is 0.630. The molecule has 8 aromatic carbocycles. The van der Waals surface area contributed by atoms with Crippen LogP contribution in [0.5, 0.6) is 0 Å². The van der Waals surface area contributed by atoms with Crippen LogP contribution in [0.15, 0.2) is 170 Å². The van der Waals surface area contributed by atoms with E-state index in [9.17, 15) is 0 Å². The summed E-state index contributed by atoms with van der Waals surface area (Å²) in [7, 11) is 0. The predicted molar refractivity (Wildman–Crippen MR) is 208 cm³/mol. The molecule has 2 nitrogen and oxygen atoms in total. The molecule has 0 aliphatic carbocycles. The van der Waals surface area contributed by atoms with Crippen LogP contribution in [-0.2, 0) is 5.41 Å². The average molecular weight is 627 g/mol. The number of nitrogens with zero attached hydrogens (tertiary/aromatic N) is 2. The van der Waals surface area contributed by atoms with E-state index in [1.54, 1.807) is 0 Å². The Morgan fingerprint density at radius 1 is 0.469 bits per heavy atom. The van der Waals surface area contributed by atoms with E-state index < -0.39 is 0 Å².